The minimum Gasteiger partial charge on any atom is -0.475 e. The highest BCUT2D eigenvalue weighted by atomic mass is 35.5. The van der Waals surface area contributed by atoms with Gasteiger partial charge >= 0.3 is 0 Å². The molecule has 0 saturated carbocycles. The van der Waals surface area contributed by atoms with Gasteiger partial charge in [0.05, 0.1) is 0 Å². The minimum absolute atomic E-state index is 0.121. The summed E-state index contributed by atoms with van der Waals surface area (Å²) in [6.07, 6.45) is 5.41. The van der Waals surface area contributed by atoms with E-state index in [1.54, 1.807) is 0 Å². The molecule has 0 bridgehead atoms. The van der Waals surface area contributed by atoms with Gasteiger partial charge in [-0.25, -0.2) is 0 Å². The van der Waals surface area contributed by atoms with Crippen LogP contribution in [0.25, 0.3) is 0 Å². The fourth-order valence-corrected chi connectivity index (χ4v) is 1.93. The Hall–Kier alpha value is -0.940. The summed E-state index contributed by atoms with van der Waals surface area (Å²) in [5, 5.41) is 7.34. The summed E-state index contributed by atoms with van der Waals surface area (Å²) in [4.78, 5) is 6.31. The largest absolute Gasteiger partial charge is 0.475 e. The van der Waals surface area contributed by atoms with E-state index in [1.807, 2.05) is 0 Å². The lowest BCUT2D eigenvalue weighted by molar-refractivity contribution is 0.180. The van der Waals surface area contributed by atoms with Crippen LogP contribution in [-0.4, -0.2) is 46.3 Å². The summed E-state index contributed by atoms with van der Waals surface area (Å²) in [5.74, 6) is 0.442. The molecule has 5 nitrogen and oxygen atoms in total. The average Bonchev–Trinajstić information content (AvgIpc) is 2.30. The van der Waals surface area contributed by atoms with Crippen molar-refractivity contribution in [1.29, 1.82) is 0 Å². The summed E-state index contributed by atoms with van der Waals surface area (Å²) < 4.78 is 5.45. The third-order valence-electron chi connectivity index (χ3n) is 2.62. The predicted octanol–water partition coefficient (Wildman–Crippen LogP) is 1.39. The second-order valence-corrected chi connectivity index (χ2v) is 4.15. The van der Waals surface area contributed by atoms with Crippen LogP contribution in [0.4, 0.5) is 0 Å². The molecule has 1 saturated heterocycles. The van der Waals surface area contributed by atoms with Gasteiger partial charge in [-0.2, -0.15) is 10.1 Å². The molecule has 0 amide bonds. The molecule has 0 unspecified atom stereocenters. The third kappa shape index (κ3) is 3.57. The number of aromatic nitrogens is 3. The van der Waals surface area contributed by atoms with Crippen LogP contribution < -0.4 is 4.74 Å². The maximum Gasteiger partial charge on any atom is 0.246 e. The van der Waals surface area contributed by atoms with E-state index < -0.39 is 0 Å². The second-order valence-electron chi connectivity index (χ2n) is 3.81. The number of likely N-dealkylation sites (tertiary alicyclic amines) is 1. The monoisotopic (exact) mass is 242 g/mol. The fraction of sp³-hybridized carbons (Fsp3) is 0.700. The van der Waals surface area contributed by atoms with Crippen molar-refractivity contribution in [1.82, 2.24) is 20.1 Å². The highest BCUT2D eigenvalue weighted by Crippen LogP contribution is 2.09. The molecule has 0 aromatic carbocycles. The molecule has 16 heavy (non-hydrogen) atoms. The van der Waals surface area contributed by atoms with Gasteiger partial charge in [0.1, 0.15) is 12.8 Å². The van der Waals surface area contributed by atoms with Crippen LogP contribution in [0.3, 0.4) is 0 Å². The number of hydrogen-bond donors (Lipinski definition) is 0. The van der Waals surface area contributed by atoms with Gasteiger partial charge in [-0.1, -0.05) is 6.42 Å². The van der Waals surface area contributed by atoms with Gasteiger partial charge in [0.15, 0.2) is 0 Å². The third-order valence-corrected chi connectivity index (χ3v) is 2.78. The molecule has 1 aliphatic heterocycles. The van der Waals surface area contributed by atoms with Gasteiger partial charge in [-0.15, -0.1) is 5.10 Å². The van der Waals surface area contributed by atoms with E-state index in [2.05, 4.69) is 20.1 Å². The first-order valence-electron chi connectivity index (χ1n) is 5.55. The Labute approximate surface area is 99.8 Å². The van der Waals surface area contributed by atoms with E-state index in [1.165, 1.54) is 38.5 Å². The number of hydrogen-bond acceptors (Lipinski definition) is 5. The Morgan fingerprint density at radius 3 is 2.88 bits per heavy atom. The van der Waals surface area contributed by atoms with Crippen molar-refractivity contribution in [2.45, 2.75) is 19.3 Å². The normalized spacial score (nSPS) is 17.3. The Kier molecular flexibility index (Phi) is 4.30. The van der Waals surface area contributed by atoms with Crippen LogP contribution >= 0.6 is 11.6 Å². The smallest absolute Gasteiger partial charge is 0.246 e. The van der Waals surface area contributed by atoms with Crippen LogP contribution in [0.2, 0.25) is 5.28 Å². The zero-order chi connectivity index (χ0) is 11.2. The molecular formula is C10H15ClN4O. The highest BCUT2D eigenvalue weighted by molar-refractivity contribution is 6.28. The first-order chi connectivity index (χ1) is 7.84. The number of piperidine rings is 1. The van der Waals surface area contributed by atoms with Crippen molar-refractivity contribution in [2.24, 2.45) is 0 Å². The molecule has 1 aliphatic rings. The number of ether oxygens (including phenoxy) is 1. The van der Waals surface area contributed by atoms with Crippen molar-refractivity contribution in [2.75, 3.05) is 26.2 Å². The zero-order valence-electron chi connectivity index (χ0n) is 9.10. The van der Waals surface area contributed by atoms with Gasteiger partial charge in [0.25, 0.3) is 0 Å². The van der Waals surface area contributed by atoms with Gasteiger partial charge in [-0.3, -0.25) is 4.90 Å². The van der Waals surface area contributed by atoms with Crippen LogP contribution in [-0.2, 0) is 0 Å². The fourth-order valence-electron chi connectivity index (χ4n) is 1.80. The summed E-state index contributed by atoms with van der Waals surface area (Å²) >= 11 is 5.60. The lowest BCUT2D eigenvalue weighted by atomic mass is 10.1. The van der Waals surface area contributed by atoms with Gasteiger partial charge in [0, 0.05) is 6.54 Å². The molecule has 88 valence electrons. The second kappa shape index (κ2) is 5.96. The quantitative estimate of drug-likeness (QED) is 0.799. The highest BCUT2D eigenvalue weighted by Gasteiger charge is 2.09. The molecule has 6 heteroatoms. The molecule has 1 aromatic rings. The van der Waals surface area contributed by atoms with Gasteiger partial charge in [0.2, 0.25) is 11.2 Å². The van der Waals surface area contributed by atoms with Crippen molar-refractivity contribution >= 4 is 11.6 Å². The molecule has 0 atom stereocenters. The van der Waals surface area contributed by atoms with E-state index in [-0.39, 0.29) is 5.28 Å². The van der Waals surface area contributed by atoms with E-state index in [0.29, 0.717) is 12.5 Å². The van der Waals surface area contributed by atoms with E-state index in [9.17, 15) is 0 Å². The average molecular weight is 243 g/mol. The first kappa shape index (κ1) is 11.5. The standard InChI is InChI=1S/C10H15ClN4O/c11-10-13-9(8-12-14-10)16-7-6-15-4-2-1-3-5-15/h8H,1-7H2. The maximum absolute atomic E-state index is 5.60. The Balaban J connectivity index is 1.71. The van der Waals surface area contributed by atoms with E-state index >= 15 is 0 Å². The van der Waals surface area contributed by atoms with Crippen LogP contribution in [0.1, 0.15) is 19.3 Å². The molecule has 0 spiro atoms. The molecule has 0 radical (unpaired) electrons. The maximum atomic E-state index is 5.60. The van der Waals surface area contributed by atoms with Gasteiger partial charge < -0.3 is 4.74 Å². The molecule has 2 heterocycles. The molecule has 0 aliphatic carbocycles. The molecule has 0 N–H and O–H groups in total. The van der Waals surface area contributed by atoms with Crippen molar-refractivity contribution < 1.29 is 4.74 Å². The minimum atomic E-state index is 0.121. The summed E-state index contributed by atoms with van der Waals surface area (Å²) in [7, 11) is 0. The molecule has 2 rings (SSSR count). The Morgan fingerprint density at radius 2 is 2.12 bits per heavy atom. The van der Waals surface area contributed by atoms with Crippen molar-refractivity contribution in [3.63, 3.8) is 0 Å². The van der Waals surface area contributed by atoms with E-state index in [0.717, 1.165) is 6.54 Å². The van der Waals surface area contributed by atoms with E-state index in [4.69, 9.17) is 16.3 Å². The summed E-state index contributed by atoms with van der Waals surface area (Å²) in [5.41, 5.74) is 0. The first-order valence-corrected chi connectivity index (χ1v) is 5.93. The zero-order valence-corrected chi connectivity index (χ0v) is 9.86. The topological polar surface area (TPSA) is 51.1 Å². The molecule has 1 fully saturated rings. The number of halogens is 1. The van der Waals surface area contributed by atoms with Crippen molar-refractivity contribution in [3.8, 4) is 5.88 Å². The summed E-state index contributed by atoms with van der Waals surface area (Å²) in [6, 6.07) is 0. The van der Waals surface area contributed by atoms with Crippen LogP contribution in [0.15, 0.2) is 6.20 Å². The lowest BCUT2D eigenvalue weighted by Gasteiger charge is -2.25. The number of nitrogens with zero attached hydrogens (tertiary/aromatic N) is 4. The molecular weight excluding hydrogens is 228 g/mol. The van der Waals surface area contributed by atoms with Crippen LogP contribution in [0, 0.1) is 0 Å². The SMILES string of the molecule is Clc1nncc(OCCN2CCCCC2)n1. The lowest BCUT2D eigenvalue weighted by Crippen LogP contribution is -2.33. The Bertz CT molecular complexity index is 330. The van der Waals surface area contributed by atoms with Crippen LogP contribution in [0.5, 0.6) is 5.88 Å². The Morgan fingerprint density at radius 1 is 1.31 bits per heavy atom. The predicted molar refractivity (Wildman–Crippen MR) is 60.6 cm³/mol. The molecule has 1 aromatic heterocycles. The summed E-state index contributed by atoms with van der Waals surface area (Å²) in [6.45, 7) is 3.90. The van der Waals surface area contributed by atoms with Gasteiger partial charge in [-0.05, 0) is 37.5 Å². The number of rotatable bonds is 4. The van der Waals surface area contributed by atoms with Crippen molar-refractivity contribution in [3.05, 3.63) is 11.5 Å².